The third-order valence-electron chi connectivity index (χ3n) is 10.1. The summed E-state index contributed by atoms with van der Waals surface area (Å²) < 4.78 is 0. The van der Waals surface area contributed by atoms with E-state index in [1.165, 1.54) is 38.5 Å². The summed E-state index contributed by atoms with van der Waals surface area (Å²) >= 11 is 0. The van der Waals surface area contributed by atoms with Crippen molar-refractivity contribution in [2.75, 3.05) is 0 Å². The van der Waals surface area contributed by atoms with Crippen molar-refractivity contribution in [2.24, 2.45) is 46.3 Å². The molecule has 0 aromatic heterocycles. The second-order valence-electron chi connectivity index (χ2n) is 10.8. The smallest absolute Gasteiger partial charge is 0.0602 e. The molecule has 25 heavy (non-hydrogen) atoms. The van der Waals surface area contributed by atoms with Crippen LogP contribution in [0.4, 0.5) is 0 Å². The Morgan fingerprint density at radius 1 is 0.960 bits per heavy atom. The quantitative estimate of drug-likeness (QED) is 0.735. The molecule has 0 aromatic carbocycles. The van der Waals surface area contributed by atoms with Gasteiger partial charge in [-0.05, 0) is 97.7 Å². The van der Waals surface area contributed by atoms with Gasteiger partial charge in [-0.15, -0.1) is 0 Å². The Labute approximate surface area is 154 Å². The molecule has 0 aromatic rings. The number of aliphatic hydroxyl groups excluding tert-OH is 2. The highest BCUT2D eigenvalue weighted by Crippen LogP contribution is 2.68. The molecule has 4 aliphatic rings. The minimum atomic E-state index is -0.123. The summed E-state index contributed by atoms with van der Waals surface area (Å²) in [5, 5.41) is 21.6. The first kappa shape index (κ1) is 18.3. The topological polar surface area (TPSA) is 40.5 Å². The van der Waals surface area contributed by atoms with E-state index in [2.05, 4.69) is 27.7 Å². The van der Waals surface area contributed by atoms with Gasteiger partial charge in [-0.2, -0.15) is 0 Å². The number of rotatable bonds is 2. The molecule has 2 nitrogen and oxygen atoms in total. The molecule has 144 valence electrons. The highest BCUT2D eigenvalue weighted by Gasteiger charge is 2.63. The summed E-state index contributed by atoms with van der Waals surface area (Å²) in [7, 11) is 0. The van der Waals surface area contributed by atoms with E-state index in [0.29, 0.717) is 23.2 Å². The van der Waals surface area contributed by atoms with Crippen molar-refractivity contribution < 1.29 is 10.2 Å². The van der Waals surface area contributed by atoms with Gasteiger partial charge in [0.05, 0.1) is 12.2 Å². The molecule has 0 bridgehead atoms. The van der Waals surface area contributed by atoms with Gasteiger partial charge in [0, 0.05) is 0 Å². The van der Waals surface area contributed by atoms with Gasteiger partial charge in [0.25, 0.3) is 0 Å². The van der Waals surface area contributed by atoms with Gasteiger partial charge in [-0.25, -0.2) is 0 Å². The van der Waals surface area contributed by atoms with Crippen LogP contribution >= 0.6 is 0 Å². The van der Waals surface area contributed by atoms with Crippen LogP contribution in [-0.4, -0.2) is 22.4 Å². The minimum absolute atomic E-state index is 0.0744. The SMILES string of the molecule is CC[C@@H](C)[C@H]1CC[C@H]2[C@@H]3CC[C@@H]4C[C@H](O)CC[C@]4(C)[C@H]3C[C@H](O)[C@]12C. The normalized spacial score (nSPS) is 56.6. The van der Waals surface area contributed by atoms with Gasteiger partial charge in [-0.1, -0.05) is 34.1 Å². The maximum absolute atomic E-state index is 11.4. The summed E-state index contributed by atoms with van der Waals surface area (Å²) in [6, 6.07) is 0. The summed E-state index contributed by atoms with van der Waals surface area (Å²) in [6.45, 7) is 9.69. The van der Waals surface area contributed by atoms with Gasteiger partial charge in [0.15, 0.2) is 0 Å². The van der Waals surface area contributed by atoms with E-state index >= 15 is 0 Å². The molecule has 2 heteroatoms. The van der Waals surface area contributed by atoms with Gasteiger partial charge in [-0.3, -0.25) is 0 Å². The molecule has 0 amide bonds. The second-order valence-corrected chi connectivity index (χ2v) is 10.8. The lowest BCUT2D eigenvalue weighted by atomic mass is 9.43. The Morgan fingerprint density at radius 2 is 1.72 bits per heavy atom. The zero-order valence-electron chi connectivity index (χ0n) is 16.9. The van der Waals surface area contributed by atoms with Crippen LogP contribution in [0, 0.1) is 46.3 Å². The van der Waals surface area contributed by atoms with Gasteiger partial charge in [0.2, 0.25) is 0 Å². The third kappa shape index (κ3) is 2.49. The average molecular weight is 349 g/mol. The van der Waals surface area contributed by atoms with Gasteiger partial charge < -0.3 is 10.2 Å². The maximum atomic E-state index is 11.4. The highest BCUT2D eigenvalue weighted by molar-refractivity contribution is 5.12. The van der Waals surface area contributed by atoms with Crippen molar-refractivity contribution in [3.8, 4) is 0 Å². The summed E-state index contributed by atoms with van der Waals surface area (Å²) in [5.41, 5.74) is 0.507. The van der Waals surface area contributed by atoms with Crippen LogP contribution in [0.3, 0.4) is 0 Å². The molecule has 4 fully saturated rings. The maximum Gasteiger partial charge on any atom is 0.0602 e. The first-order valence-corrected chi connectivity index (χ1v) is 11.2. The Hall–Kier alpha value is -0.0800. The summed E-state index contributed by atoms with van der Waals surface area (Å²) in [6.07, 6.45) is 10.5. The van der Waals surface area contributed by atoms with Crippen molar-refractivity contribution in [1.82, 2.24) is 0 Å². The van der Waals surface area contributed by atoms with Crippen molar-refractivity contribution in [3.63, 3.8) is 0 Å². The highest BCUT2D eigenvalue weighted by atomic mass is 16.3. The number of hydrogen-bond donors (Lipinski definition) is 2. The van der Waals surface area contributed by atoms with Crippen LogP contribution in [-0.2, 0) is 0 Å². The van der Waals surface area contributed by atoms with E-state index < -0.39 is 0 Å². The molecule has 0 heterocycles. The molecule has 0 unspecified atom stereocenters. The molecule has 4 rings (SSSR count). The fourth-order valence-corrected chi connectivity index (χ4v) is 8.44. The van der Waals surface area contributed by atoms with E-state index in [1.54, 1.807) is 0 Å². The van der Waals surface area contributed by atoms with Crippen LogP contribution in [0.2, 0.25) is 0 Å². The van der Waals surface area contributed by atoms with Crippen LogP contribution in [0.5, 0.6) is 0 Å². The van der Waals surface area contributed by atoms with Crippen molar-refractivity contribution >= 4 is 0 Å². The van der Waals surface area contributed by atoms with E-state index in [1.807, 2.05) is 0 Å². The fraction of sp³-hybridized carbons (Fsp3) is 1.00. The Balaban J connectivity index is 1.64. The zero-order valence-corrected chi connectivity index (χ0v) is 16.9. The van der Waals surface area contributed by atoms with Crippen molar-refractivity contribution in [3.05, 3.63) is 0 Å². The summed E-state index contributed by atoms with van der Waals surface area (Å²) in [4.78, 5) is 0. The number of aliphatic hydroxyl groups is 2. The van der Waals surface area contributed by atoms with Gasteiger partial charge >= 0.3 is 0 Å². The van der Waals surface area contributed by atoms with E-state index in [4.69, 9.17) is 0 Å². The first-order valence-electron chi connectivity index (χ1n) is 11.2. The van der Waals surface area contributed by atoms with Crippen LogP contribution in [0.1, 0.15) is 85.5 Å². The number of fused-ring (bicyclic) bond motifs is 5. The predicted molar refractivity (Wildman–Crippen MR) is 102 cm³/mol. The largest absolute Gasteiger partial charge is 0.393 e. The molecule has 2 N–H and O–H groups in total. The third-order valence-corrected chi connectivity index (χ3v) is 10.1. The molecule has 10 atom stereocenters. The van der Waals surface area contributed by atoms with E-state index in [-0.39, 0.29) is 17.6 Å². The van der Waals surface area contributed by atoms with Crippen molar-refractivity contribution in [1.29, 1.82) is 0 Å². The molecule has 0 radical (unpaired) electrons. The lowest BCUT2D eigenvalue weighted by Gasteiger charge is -2.62. The van der Waals surface area contributed by atoms with Crippen LogP contribution in [0.25, 0.3) is 0 Å². The molecule has 4 aliphatic carbocycles. The fourth-order valence-electron chi connectivity index (χ4n) is 8.44. The second kappa shape index (κ2) is 6.23. The predicted octanol–water partition coefficient (Wildman–Crippen LogP) is 5.02. The molecular formula is C23H40O2. The Morgan fingerprint density at radius 3 is 2.44 bits per heavy atom. The van der Waals surface area contributed by atoms with Crippen LogP contribution < -0.4 is 0 Å². The monoisotopic (exact) mass is 348 g/mol. The molecule has 0 spiro atoms. The molecule has 0 saturated heterocycles. The molecule has 0 aliphatic heterocycles. The van der Waals surface area contributed by atoms with E-state index in [0.717, 1.165) is 37.0 Å². The van der Waals surface area contributed by atoms with E-state index in [9.17, 15) is 10.2 Å². The molecular weight excluding hydrogens is 308 g/mol. The summed E-state index contributed by atoms with van der Waals surface area (Å²) in [5.74, 6) is 4.35. The average Bonchev–Trinajstić information content (AvgIpc) is 2.95. The first-order chi connectivity index (χ1) is 11.8. The lowest BCUT2D eigenvalue weighted by Crippen LogP contribution is -2.58. The Kier molecular flexibility index (Phi) is 4.56. The van der Waals surface area contributed by atoms with Crippen molar-refractivity contribution in [2.45, 2.75) is 97.7 Å². The zero-order chi connectivity index (χ0) is 18.0. The van der Waals surface area contributed by atoms with Gasteiger partial charge in [0.1, 0.15) is 0 Å². The van der Waals surface area contributed by atoms with Crippen LogP contribution in [0.15, 0.2) is 0 Å². The molecule has 4 saturated carbocycles. The lowest BCUT2D eigenvalue weighted by molar-refractivity contribution is -0.174. The Bertz CT molecular complexity index is 504. The number of hydrogen-bond acceptors (Lipinski definition) is 2. The standard InChI is InChI=1S/C23H40O2/c1-5-14(2)18-8-9-19-17-7-6-15-12-16(24)10-11-22(15,3)20(17)13-21(25)23(18,19)4/h14-21,24-25H,5-13H2,1-4H3/t14-,15-,16-,17+,18-,19+,20+,21+,22+,23-/m1/s1. The minimum Gasteiger partial charge on any atom is -0.393 e.